The lowest BCUT2D eigenvalue weighted by Crippen LogP contribution is -2.33. The minimum Gasteiger partial charge on any atom is -0.502 e. The van der Waals surface area contributed by atoms with Crippen molar-refractivity contribution >= 4 is 15.7 Å². The van der Waals surface area contributed by atoms with Crippen LogP contribution in [-0.2, 0) is 14.9 Å². The van der Waals surface area contributed by atoms with Gasteiger partial charge in [-0.1, -0.05) is 4.89 Å². The molecule has 0 aliphatic rings. The molecule has 0 aliphatic heterocycles. The van der Waals surface area contributed by atoms with Gasteiger partial charge in [0.05, 0.1) is 15.4 Å². The molecule has 0 aliphatic carbocycles. The van der Waals surface area contributed by atoms with Crippen LogP contribution in [0, 0.1) is 10.1 Å². The number of nitrogens with one attached hydrogen (secondary N) is 1. The Hall–Kier alpha value is -1.71. The van der Waals surface area contributed by atoms with Crippen LogP contribution in [0.3, 0.4) is 0 Å². The van der Waals surface area contributed by atoms with Gasteiger partial charge in [0, 0.05) is 6.07 Å². The van der Waals surface area contributed by atoms with Crippen molar-refractivity contribution in [2.24, 2.45) is 0 Å². The molecule has 0 aromatic heterocycles. The zero-order chi connectivity index (χ0) is 14.8. The Bertz CT molecular complexity index is 591. The molecule has 106 valence electrons. The van der Waals surface area contributed by atoms with E-state index in [4.69, 9.17) is 4.84 Å². The Kier molecular flexibility index (Phi) is 4.13. The van der Waals surface area contributed by atoms with E-state index in [0.29, 0.717) is 0 Å². The average molecular weight is 290 g/mol. The molecular formula is C10H14N2O6S. The maximum absolute atomic E-state index is 11.8. The summed E-state index contributed by atoms with van der Waals surface area (Å²) in [6.07, 6.45) is 0. The molecule has 0 radical (unpaired) electrons. The minimum atomic E-state index is -4.05. The van der Waals surface area contributed by atoms with Gasteiger partial charge in [-0.2, -0.15) is 0 Å². The van der Waals surface area contributed by atoms with Gasteiger partial charge >= 0.3 is 5.69 Å². The van der Waals surface area contributed by atoms with E-state index in [1.54, 1.807) is 20.8 Å². The van der Waals surface area contributed by atoms with Crippen LogP contribution in [0.1, 0.15) is 20.8 Å². The third-order valence-electron chi connectivity index (χ3n) is 1.91. The summed E-state index contributed by atoms with van der Waals surface area (Å²) >= 11 is 0. The van der Waals surface area contributed by atoms with Crippen LogP contribution >= 0.6 is 0 Å². The Balaban J connectivity index is 3.09. The number of sulfonamides is 1. The molecule has 0 bridgehead atoms. The Morgan fingerprint density at radius 2 is 1.95 bits per heavy atom. The number of nitro groups is 1. The Morgan fingerprint density at radius 1 is 1.37 bits per heavy atom. The summed E-state index contributed by atoms with van der Waals surface area (Å²) in [7, 11) is -4.05. The first-order chi connectivity index (χ1) is 8.53. The Labute approximate surface area is 110 Å². The number of hydrogen-bond donors (Lipinski definition) is 2. The SMILES string of the molecule is CC(C)(C)ONS(=O)(=O)c1ccc(O)c([N+](=O)[O-])c1. The lowest BCUT2D eigenvalue weighted by atomic mass is 10.2. The molecular weight excluding hydrogens is 276 g/mol. The van der Waals surface area contributed by atoms with Gasteiger partial charge in [-0.25, -0.2) is 8.42 Å². The smallest absolute Gasteiger partial charge is 0.312 e. The van der Waals surface area contributed by atoms with Gasteiger partial charge in [-0.3, -0.25) is 15.0 Å². The number of nitro benzene ring substituents is 1. The number of benzene rings is 1. The topological polar surface area (TPSA) is 119 Å². The van der Waals surface area contributed by atoms with Gasteiger partial charge in [0.2, 0.25) is 0 Å². The highest BCUT2D eigenvalue weighted by Crippen LogP contribution is 2.28. The second kappa shape index (κ2) is 5.11. The van der Waals surface area contributed by atoms with Crippen LogP contribution in [0.4, 0.5) is 5.69 Å². The number of phenolic OH excluding ortho intramolecular Hbond substituents is 1. The normalized spacial score (nSPS) is 12.4. The third-order valence-corrected chi connectivity index (χ3v) is 3.09. The van der Waals surface area contributed by atoms with Crippen LogP contribution in [0.25, 0.3) is 0 Å². The van der Waals surface area contributed by atoms with Crippen LogP contribution < -0.4 is 4.89 Å². The number of nitrogens with zero attached hydrogens (tertiary/aromatic N) is 1. The maximum atomic E-state index is 11.8. The average Bonchev–Trinajstić information content (AvgIpc) is 2.25. The van der Waals surface area contributed by atoms with Gasteiger partial charge in [-0.15, -0.1) is 0 Å². The first-order valence-corrected chi connectivity index (χ1v) is 6.68. The summed E-state index contributed by atoms with van der Waals surface area (Å²) in [5, 5.41) is 19.9. The molecule has 9 heteroatoms. The van der Waals surface area contributed by atoms with E-state index in [9.17, 15) is 23.6 Å². The highest BCUT2D eigenvalue weighted by molar-refractivity contribution is 7.89. The molecule has 19 heavy (non-hydrogen) atoms. The van der Waals surface area contributed by atoms with Crippen LogP contribution in [-0.4, -0.2) is 24.0 Å². The predicted octanol–water partition coefficient (Wildman–Crippen LogP) is 1.31. The molecule has 0 amide bonds. The monoisotopic (exact) mass is 290 g/mol. The van der Waals surface area contributed by atoms with E-state index in [-0.39, 0.29) is 4.90 Å². The standard InChI is InChI=1S/C10H14N2O6S/c1-10(2,3)18-11-19(16,17)7-4-5-9(13)8(6-7)12(14)15/h4-6,11,13H,1-3H3. The third kappa shape index (κ3) is 4.16. The molecule has 0 spiro atoms. The highest BCUT2D eigenvalue weighted by atomic mass is 32.2. The van der Waals surface area contributed by atoms with Crippen molar-refractivity contribution in [1.82, 2.24) is 4.89 Å². The second-order valence-corrected chi connectivity index (χ2v) is 6.35. The maximum Gasteiger partial charge on any atom is 0.312 e. The zero-order valence-electron chi connectivity index (χ0n) is 10.6. The molecule has 0 atom stereocenters. The predicted molar refractivity (Wildman–Crippen MR) is 65.9 cm³/mol. The van der Waals surface area contributed by atoms with E-state index in [0.717, 1.165) is 18.2 Å². The number of hydrogen-bond acceptors (Lipinski definition) is 6. The summed E-state index contributed by atoms with van der Waals surface area (Å²) in [4.78, 5) is 16.1. The highest BCUT2D eigenvalue weighted by Gasteiger charge is 2.23. The first-order valence-electron chi connectivity index (χ1n) is 5.20. The fourth-order valence-corrected chi connectivity index (χ4v) is 2.01. The fourth-order valence-electron chi connectivity index (χ4n) is 1.04. The molecule has 0 saturated carbocycles. The lowest BCUT2D eigenvalue weighted by molar-refractivity contribution is -0.386. The summed E-state index contributed by atoms with van der Waals surface area (Å²) < 4.78 is 23.6. The summed E-state index contributed by atoms with van der Waals surface area (Å²) in [6, 6.07) is 2.73. The molecule has 0 heterocycles. The molecule has 1 aromatic carbocycles. The van der Waals surface area contributed by atoms with Crippen molar-refractivity contribution in [2.45, 2.75) is 31.3 Å². The second-order valence-electron chi connectivity index (χ2n) is 4.71. The lowest BCUT2D eigenvalue weighted by Gasteiger charge is -2.19. The summed E-state index contributed by atoms with van der Waals surface area (Å²) in [5.74, 6) is -0.610. The van der Waals surface area contributed by atoms with Gasteiger partial charge in [-0.05, 0) is 32.9 Å². The van der Waals surface area contributed by atoms with E-state index >= 15 is 0 Å². The van der Waals surface area contributed by atoms with E-state index in [1.165, 1.54) is 0 Å². The van der Waals surface area contributed by atoms with Crippen molar-refractivity contribution in [3.8, 4) is 5.75 Å². The molecule has 0 saturated heterocycles. The number of phenols is 1. The van der Waals surface area contributed by atoms with Gasteiger partial charge < -0.3 is 5.11 Å². The number of aromatic hydroxyl groups is 1. The summed E-state index contributed by atoms with van der Waals surface area (Å²) in [5.41, 5.74) is -1.45. The van der Waals surface area contributed by atoms with Crippen molar-refractivity contribution in [3.63, 3.8) is 0 Å². The molecule has 1 rings (SSSR count). The van der Waals surface area contributed by atoms with Crippen molar-refractivity contribution in [3.05, 3.63) is 28.3 Å². The largest absolute Gasteiger partial charge is 0.502 e. The van der Waals surface area contributed by atoms with Crippen molar-refractivity contribution < 1.29 is 23.3 Å². The molecule has 0 fully saturated rings. The molecule has 2 N–H and O–H groups in total. The van der Waals surface area contributed by atoms with Crippen LogP contribution in [0.5, 0.6) is 5.75 Å². The molecule has 8 nitrogen and oxygen atoms in total. The first kappa shape index (κ1) is 15.3. The Morgan fingerprint density at radius 3 is 2.42 bits per heavy atom. The van der Waals surface area contributed by atoms with E-state index in [1.807, 2.05) is 4.89 Å². The van der Waals surface area contributed by atoms with Crippen LogP contribution in [0.15, 0.2) is 23.1 Å². The molecule has 1 aromatic rings. The fraction of sp³-hybridized carbons (Fsp3) is 0.400. The van der Waals surface area contributed by atoms with Crippen molar-refractivity contribution in [2.75, 3.05) is 0 Å². The minimum absolute atomic E-state index is 0.374. The van der Waals surface area contributed by atoms with Gasteiger partial charge in [0.1, 0.15) is 0 Å². The van der Waals surface area contributed by atoms with Gasteiger partial charge in [0.25, 0.3) is 10.0 Å². The quantitative estimate of drug-likeness (QED) is 0.637. The zero-order valence-corrected chi connectivity index (χ0v) is 11.4. The van der Waals surface area contributed by atoms with E-state index in [2.05, 4.69) is 0 Å². The molecule has 0 unspecified atom stereocenters. The van der Waals surface area contributed by atoms with Crippen molar-refractivity contribution in [1.29, 1.82) is 0 Å². The van der Waals surface area contributed by atoms with Crippen LogP contribution in [0.2, 0.25) is 0 Å². The number of rotatable bonds is 4. The van der Waals surface area contributed by atoms with E-state index < -0.39 is 32.0 Å². The summed E-state index contributed by atoms with van der Waals surface area (Å²) in [6.45, 7) is 4.90. The van der Waals surface area contributed by atoms with Gasteiger partial charge in [0.15, 0.2) is 5.75 Å².